The molecule has 3 rings (SSSR count). The number of nitriles is 1. The number of para-hydroxylation sites is 1. The second-order valence-corrected chi connectivity index (χ2v) is 5.95. The van der Waals surface area contributed by atoms with Crippen LogP contribution in [-0.2, 0) is 4.74 Å². The molecule has 5 heteroatoms. The molecular weight excluding hydrogens is 302 g/mol. The van der Waals surface area contributed by atoms with Crippen LogP contribution >= 0.6 is 0 Å². The first-order valence-electron chi connectivity index (χ1n) is 7.95. The van der Waals surface area contributed by atoms with Gasteiger partial charge in [-0.15, -0.1) is 0 Å². The molecule has 1 aliphatic rings. The van der Waals surface area contributed by atoms with E-state index in [9.17, 15) is 0 Å². The summed E-state index contributed by atoms with van der Waals surface area (Å²) in [6.07, 6.45) is -0.170. The molecule has 5 nitrogen and oxygen atoms in total. The number of benzene rings is 2. The fourth-order valence-corrected chi connectivity index (χ4v) is 2.64. The van der Waals surface area contributed by atoms with Crippen LogP contribution in [0.15, 0.2) is 48.5 Å². The minimum absolute atomic E-state index is 0.0460. The fraction of sp³-hybridized carbons (Fsp3) is 0.316. The van der Waals surface area contributed by atoms with Crippen molar-refractivity contribution >= 4 is 5.69 Å². The number of rotatable bonds is 5. The van der Waals surface area contributed by atoms with Crippen molar-refractivity contribution in [2.45, 2.75) is 12.3 Å². The molecular formula is C19H21N3O2. The molecule has 0 aromatic heterocycles. The Bertz CT molecular complexity index is 722. The molecule has 1 aliphatic heterocycles. The highest BCUT2D eigenvalue weighted by Crippen LogP contribution is 2.24. The van der Waals surface area contributed by atoms with Gasteiger partial charge in [-0.25, -0.2) is 0 Å². The Morgan fingerprint density at radius 2 is 1.96 bits per heavy atom. The summed E-state index contributed by atoms with van der Waals surface area (Å²) in [5, 5.41) is 12.4. The van der Waals surface area contributed by atoms with Crippen molar-refractivity contribution in [1.29, 1.82) is 5.26 Å². The van der Waals surface area contributed by atoms with E-state index in [0.717, 1.165) is 17.8 Å². The number of hydrogen-bond donors (Lipinski definition) is 1. The second kappa shape index (κ2) is 7.35. The summed E-state index contributed by atoms with van der Waals surface area (Å²) in [7, 11) is 4.04. The van der Waals surface area contributed by atoms with Crippen molar-refractivity contribution < 1.29 is 9.47 Å². The predicted octanol–water partition coefficient (Wildman–Crippen LogP) is 2.69. The van der Waals surface area contributed by atoms with Gasteiger partial charge in [0.15, 0.2) is 0 Å². The fourth-order valence-electron chi connectivity index (χ4n) is 2.64. The molecule has 1 saturated heterocycles. The van der Waals surface area contributed by atoms with E-state index < -0.39 is 0 Å². The minimum Gasteiger partial charge on any atom is -0.489 e. The van der Waals surface area contributed by atoms with Crippen LogP contribution in [0.1, 0.15) is 17.4 Å². The standard InChI is InChI=1S/C19H21N3O2/c1-22(2)16-9-7-14(8-10-16)19-21-12-17(24-19)13-23-18-6-4-3-5-15(18)11-20/h3-10,17,19,21H,12-13H2,1-2H3. The van der Waals surface area contributed by atoms with Gasteiger partial charge >= 0.3 is 0 Å². The molecule has 0 radical (unpaired) electrons. The van der Waals surface area contributed by atoms with Gasteiger partial charge in [0.2, 0.25) is 0 Å². The minimum atomic E-state index is -0.124. The molecule has 2 aromatic rings. The third kappa shape index (κ3) is 3.67. The topological polar surface area (TPSA) is 57.5 Å². The molecule has 0 bridgehead atoms. The highest BCUT2D eigenvalue weighted by Gasteiger charge is 2.26. The van der Waals surface area contributed by atoms with Crippen molar-refractivity contribution in [2.75, 3.05) is 32.1 Å². The summed E-state index contributed by atoms with van der Waals surface area (Å²) in [5.41, 5.74) is 2.80. The summed E-state index contributed by atoms with van der Waals surface area (Å²) in [6, 6.07) is 17.7. The number of anilines is 1. The molecule has 0 spiro atoms. The van der Waals surface area contributed by atoms with E-state index in [-0.39, 0.29) is 12.3 Å². The van der Waals surface area contributed by atoms with Crippen LogP contribution in [0.5, 0.6) is 5.75 Å². The number of nitrogens with one attached hydrogen (secondary N) is 1. The normalized spacial score (nSPS) is 19.7. The van der Waals surface area contributed by atoms with Crippen LogP contribution < -0.4 is 15.0 Å². The number of ether oxygens (including phenoxy) is 2. The maximum absolute atomic E-state index is 9.09. The van der Waals surface area contributed by atoms with Gasteiger partial charge in [-0.3, -0.25) is 5.32 Å². The van der Waals surface area contributed by atoms with Crippen LogP contribution in [0.25, 0.3) is 0 Å². The van der Waals surface area contributed by atoms with E-state index in [1.807, 2.05) is 26.2 Å². The van der Waals surface area contributed by atoms with Crippen LogP contribution in [0, 0.1) is 11.3 Å². The van der Waals surface area contributed by atoms with Crippen LogP contribution in [0.3, 0.4) is 0 Å². The lowest BCUT2D eigenvalue weighted by Crippen LogP contribution is -2.22. The van der Waals surface area contributed by atoms with Crippen molar-refractivity contribution in [3.05, 3.63) is 59.7 Å². The van der Waals surface area contributed by atoms with Gasteiger partial charge in [0.05, 0.1) is 5.56 Å². The molecule has 2 aromatic carbocycles. The SMILES string of the molecule is CN(C)c1ccc(C2NCC(COc3ccccc3C#N)O2)cc1. The maximum atomic E-state index is 9.09. The monoisotopic (exact) mass is 323 g/mol. The highest BCUT2D eigenvalue weighted by atomic mass is 16.6. The second-order valence-electron chi connectivity index (χ2n) is 5.95. The quantitative estimate of drug-likeness (QED) is 0.917. The Balaban J connectivity index is 1.56. The Morgan fingerprint density at radius 1 is 1.21 bits per heavy atom. The van der Waals surface area contributed by atoms with Crippen LogP contribution in [0.4, 0.5) is 5.69 Å². The summed E-state index contributed by atoms with van der Waals surface area (Å²) in [5.74, 6) is 0.599. The lowest BCUT2D eigenvalue weighted by atomic mass is 10.2. The first-order chi connectivity index (χ1) is 11.7. The summed E-state index contributed by atoms with van der Waals surface area (Å²) < 4.78 is 11.8. The van der Waals surface area contributed by atoms with Gasteiger partial charge in [0.1, 0.15) is 30.8 Å². The van der Waals surface area contributed by atoms with Crippen molar-refractivity contribution in [3.8, 4) is 11.8 Å². The van der Waals surface area contributed by atoms with Gasteiger partial charge in [0, 0.05) is 26.3 Å². The molecule has 0 saturated carbocycles. The van der Waals surface area contributed by atoms with E-state index in [1.165, 1.54) is 0 Å². The van der Waals surface area contributed by atoms with Gasteiger partial charge in [-0.05, 0) is 29.8 Å². The highest BCUT2D eigenvalue weighted by molar-refractivity contribution is 5.46. The van der Waals surface area contributed by atoms with Crippen LogP contribution in [-0.4, -0.2) is 33.4 Å². The average molecular weight is 323 g/mol. The van der Waals surface area contributed by atoms with E-state index in [2.05, 4.69) is 40.6 Å². The van der Waals surface area contributed by atoms with E-state index in [0.29, 0.717) is 17.9 Å². The average Bonchev–Trinajstić information content (AvgIpc) is 3.09. The molecule has 2 atom stereocenters. The Morgan fingerprint density at radius 3 is 2.67 bits per heavy atom. The van der Waals surface area contributed by atoms with Crippen molar-refractivity contribution in [1.82, 2.24) is 5.32 Å². The Hall–Kier alpha value is -2.55. The summed E-state index contributed by atoms with van der Waals surface area (Å²) >= 11 is 0. The molecule has 0 aliphatic carbocycles. The van der Waals surface area contributed by atoms with E-state index in [1.54, 1.807) is 12.1 Å². The smallest absolute Gasteiger partial charge is 0.137 e. The molecule has 2 unspecified atom stereocenters. The van der Waals surface area contributed by atoms with Gasteiger partial charge in [-0.1, -0.05) is 24.3 Å². The lowest BCUT2D eigenvalue weighted by molar-refractivity contribution is 0.0158. The molecule has 24 heavy (non-hydrogen) atoms. The van der Waals surface area contributed by atoms with Crippen molar-refractivity contribution in [2.24, 2.45) is 0 Å². The van der Waals surface area contributed by atoms with Crippen molar-refractivity contribution in [3.63, 3.8) is 0 Å². The largest absolute Gasteiger partial charge is 0.489 e. The summed E-state index contributed by atoms with van der Waals surface area (Å²) in [4.78, 5) is 2.07. The van der Waals surface area contributed by atoms with Gasteiger partial charge in [-0.2, -0.15) is 5.26 Å². The zero-order chi connectivity index (χ0) is 16.9. The number of nitrogens with zero attached hydrogens (tertiary/aromatic N) is 2. The molecule has 1 N–H and O–H groups in total. The third-order valence-electron chi connectivity index (χ3n) is 4.00. The van der Waals surface area contributed by atoms with E-state index in [4.69, 9.17) is 14.7 Å². The third-order valence-corrected chi connectivity index (χ3v) is 4.00. The maximum Gasteiger partial charge on any atom is 0.137 e. The summed E-state index contributed by atoms with van der Waals surface area (Å²) in [6.45, 7) is 1.13. The first kappa shape index (κ1) is 16.3. The molecule has 0 amide bonds. The first-order valence-corrected chi connectivity index (χ1v) is 7.95. The number of hydrogen-bond acceptors (Lipinski definition) is 5. The Labute approximate surface area is 142 Å². The predicted molar refractivity (Wildman–Crippen MR) is 93.0 cm³/mol. The zero-order valence-electron chi connectivity index (χ0n) is 13.9. The molecule has 124 valence electrons. The van der Waals surface area contributed by atoms with Gasteiger partial charge < -0.3 is 14.4 Å². The Kier molecular flexibility index (Phi) is 4.99. The lowest BCUT2D eigenvalue weighted by Gasteiger charge is -2.16. The van der Waals surface area contributed by atoms with E-state index >= 15 is 0 Å². The molecule has 1 heterocycles. The van der Waals surface area contributed by atoms with Gasteiger partial charge in [0.25, 0.3) is 0 Å². The molecule has 1 fully saturated rings. The van der Waals surface area contributed by atoms with Crippen LogP contribution in [0.2, 0.25) is 0 Å². The zero-order valence-corrected chi connectivity index (χ0v) is 13.9.